The molecule has 0 unspecified atom stereocenters. The van der Waals surface area contributed by atoms with Gasteiger partial charge < -0.3 is 0 Å². The number of thiazole rings is 1. The number of thiocyanates is 1. The van der Waals surface area contributed by atoms with Gasteiger partial charge in [0.15, 0.2) is 4.34 Å². The first-order valence-corrected chi connectivity index (χ1v) is 12.3. The summed E-state index contributed by atoms with van der Waals surface area (Å²) in [6.45, 7) is 0. The first-order chi connectivity index (χ1) is 11.4. The molecule has 0 fully saturated rings. The van der Waals surface area contributed by atoms with Crippen LogP contribution in [0.5, 0.6) is 0 Å². The zero-order valence-corrected chi connectivity index (χ0v) is 19.4. The predicted octanol–water partition coefficient (Wildman–Crippen LogP) is 6.62. The highest BCUT2D eigenvalue weighted by Gasteiger charge is 2.52. The lowest BCUT2D eigenvalue weighted by Gasteiger charge is -2.17. The lowest BCUT2D eigenvalue weighted by atomic mass is 10.3. The van der Waals surface area contributed by atoms with E-state index in [9.17, 15) is 8.42 Å². The number of halogens is 6. The van der Waals surface area contributed by atoms with Crippen LogP contribution in [0.4, 0.5) is 0 Å². The van der Waals surface area contributed by atoms with Gasteiger partial charge in [0, 0.05) is 0 Å². The molecule has 2 aromatic rings. The van der Waals surface area contributed by atoms with E-state index in [1.54, 1.807) is 23.1 Å². The molecule has 25 heavy (non-hydrogen) atoms. The molecule has 14 heteroatoms. The van der Waals surface area contributed by atoms with Crippen molar-refractivity contribution in [1.29, 1.82) is 5.26 Å². The second kappa shape index (κ2) is 9.97. The summed E-state index contributed by atoms with van der Waals surface area (Å²) in [5.41, 5.74) is 1.04. The highest BCUT2D eigenvalue weighted by molar-refractivity contribution is 8.18. The molecule has 0 aliphatic carbocycles. The molecule has 0 bridgehead atoms. The maximum Gasteiger partial charge on any atom is 0.296 e. The molecule has 0 atom stereocenters. The quantitative estimate of drug-likeness (QED) is 0.144. The number of aromatic nitrogens is 1. The third kappa shape index (κ3) is 7.15. The van der Waals surface area contributed by atoms with E-state index in [0.717, 1.165) is 14.9 Å². The molecule has 0 radical (unpaired) electrons. The van der Waals surface area contributed by atoms with E-state index >= 15 is 0 Å². The minimum atomic E-state index is -4.42. The third-order valence-corrected chi connectivity index (χ3v) is 9.91. The Kier molecular flexibility index (Phi) is 9.58. The van der Waals surface area contributed by atoms with Gasteiger partial charge in [-0.3, -0.25) is 0 Å². The first kappa shape index (κ1) is 24.0. The molecular weight excluding hydrogens is 533 g/mol. The van der Waals surface area contributed by atoms with E-state index in [1.807, 2.05) is 23.6 Å². The number of thioether (sulfide) groups is 2. The molecule has 1 aromatic heterocycles. The van der Waals surface area contributed by atoms with Crippen LogP contribution < -0.4 is 0 Å². The summed E-state index contributed by atoms with van der Waals surface area (Å²) in [4.78, 5) is 4.44. The van der Waals surface area contributed by atoms with E-state index in [0.29, 0.717) is 0 Å². The minimum Gasteiger partial charge on any atom is -0.230 e. The van der Waals surface area contributed by atoms with Crippen molar-refractivity contribution >= 4 is 125 Å². The Morgan fingerprint density at radius 1 is 1.12 bits per heavy atom. The van der Waals surface area contributed by atoms with Crippen LogP contribution >= 0.6 is 104 Å². The molecule has 0 saturated carbocycles. The molecular formula is C11H6Cl6N2O2S4. The third-order valence-electron chi connectivity index (χ3n) is 2.19. The number of nitriles is 1. The fourth-order valence-corrected chi connectivity index (χ4v) is 7.21. The van der Waals surface area contributed by atoms with Gasteiger partial charge in [0.1, 0.15) is 5.40 Å². The van der Waals surface area contributed by atoms with Crippen molar-refractivity contribution in [2.24, 2.45) is 0 Å². The van der Waals surface area contributed by atoms with Crippen molar-refractivity contribution in [1.82, 2.24) is 4.98 Å². The fourth-order valence-electron chi connectivity index (χ4n) is 1.15. The number of nitrogens with zero attached hydrogens (tertiary/aromatic N) is 2. The zero-order valence-electron chi connectivity index (χ0n) is 11.6. The first-order valence-electron chi connectivity index (χ1n) is 5.77. The summed E-state index contributed by atoms with van der Waals surface area (Å²) in [7, 11) is -4.42. The van der Waals surface area contributed by atoms with Gasteiger partial charge in [-0.05, 0) is 23.9 Å². The number of sulfone groups is 1. The van der Waals surface area contributed by atoms with Crippen LogP contribution in [0.25, 0.3) is 10.2 Å². The Morgan fingerprint density at radius 2 is 1.68 bits per heavy atom. The predicted molar refractivity (Wildman–Crippen MR) is 113 cm³/mol. The second-order valence-electron chi connectivity index (χ2n) is 3.84. The van der Waals surface area contributed by atoms with E-state index in [2.05, 4.69) is 11.1 Å². The molecule has 0 N–H and O–H groups in total. The van der Waals surface area contributed by atoms with Crippen LogP contribution in [-0.2, 0) is 9.84 Å². The summed E-state index contributed by atoms with van der Waals surface area (Å²) in [5.74, 6) is 0. The number of benzene rings is 1. The van der Waals surface area contributed by atoms with Crippen molar-refractivity contribution in [3.8, 4) is 5.40 Å². The molecule has 0 amide bonds. The molecule has 4 nitrogen and oxygen atoms in total. The van der Waals surface area contributed by atoms with Crippen LogP contribution in [0, 0.1) is 10.7 Å². The summed E-state index contributed by atoms with van der Waals surface area (Å²) >= 11 is 34.5. The van der Waals surface area contributed by atoms with Gasteiger partial charge >= 0.3 is 0 Å². The number of alkyl halides is 6. The van der Waals surface area contributed by atoms with Gasteiger partial charge in [0.25, 0.3) is 6.25 Å². The molecule has 0 aliphatic heterocycles. The highest BCUT2D eigenvalue weighted by Crippen LogP contribution is 2.46. The van der Waals surface area contributed by atoms with Gasteiger partial charge in [-0.1, -0.05) is 93.5 Å². The van der Waals surface area contributed by atoms with Crippen molar-refractivity contribution in [3.63, 3.8) is 0 Å². The average Bonchev–Trinajstić information content (AvgIpc) is 2.88. The SMILES string of the molecule is N#CSCSc1nc2ccccc2s1.O=S(=O)(C(Cl)(Cl)Cl)C(Cl)(Cl)Cl. The fraction of sp³-hybridized carbons (Fsp3) is 0.273. The monoisotopic (exact) mass is 536 g/mol. The number of fused-ring (bicyclic) bond motifs is 1. The normalized spacial score (nSPS) is 12.4. The van der Waals surface area contributed by atoms with Gasteiger partial charge in [0.05, 0.1) is 15.3 Å². The zero-order chi connectivity index (χ0) is 19.3. The smallest absolute Gasteiger partial charge is 0.230 e. The molecule has 1 heterocycles. The Bertz CT molecular complexity index is 801. The Balaban J connectivity index is 0.000000260. The molecule has 1 aromatic carbocycles. The minimum absolute atomic E-state index is 0.746. The summed E-state index contributed by atoms with van der Waals surface area (Å²) in [5, 5.41) is 11.2. The standard InChI is InChI=1S/C9H6N2S3.C2Cl6O2S/c10-5-12-6-13-9-11-7-3-1-2-4-8(7)14-9;3-1(4,5)11(9,10)2(6,7)8/h1-4H,6H2;. The maximum atomic E-state index is 10.9. The molecule has 0 aliphatic rings. The van der Waals surface area contributed by atoms with Crippen molar-refractivity contribution < 1.29 is 8.42 Å². The van der Waals surface area contributed by atoms with Gasteiger partial charge in [-0.15, -0.1) is 11.3 Å². The van der Waals surface area contributed by atoms with Crippen LogP contribution in [-0.4, -0.2) is 24.7 Å². The van der Waals surface area contributed by atoms with Crippen LogP contribution in [0.3, 0.4) is 0 Å². The van der Waals surface area contributed by atoms with Crippen LogP contribution in [0.2, 0.25) is 0 Å². The summed E-state index contributed by atoms with van der Waals surface area (Å²) < 4.78 is 18.8. The Morgan fingerprint density at radius 3 is 2.12 bits per heavy atom. The number of hydrogen-bond acceptors (Lipinski definition) is 7. The van der Waals surface area contributed by atoms with Gasteiger partial charge in [0.2, 0.25) is 9.84 Å². The number of hydrogen-bond donors (Lipinski definition) is 0. The number of para-hydroxylation sites is 1. The Hall–Kier alpha value is 0.990. The lowest BCUT2D eigenvalue weighted by molar-refractivity contribution is 0.597. The van der Waals surface area contributed by atoms with E-state index in [4.69, 9.17) is 74.9 Å². The Labute approximate surface area is 187 Å². The largest absolute Gasteiger partial charge is 0.296 e. The lowest BCUT2D eigenvalue weighted by Crippen LogP contribution is -2.31. The van der Waals surface area contributed by atoms with Gasteiger partial charge in [-0.25, -0.2) is 13.4 Å². The van der Waals surface area contributed by atoms with Gasteiger partial charge in [-0.2, -0.15) is 5.26 Å². The molecule has 138 valence electrons. The maximum absolute atomic E-state index is 10.9. The topological polar surface area (TPSA) is 70.8 Å². The van der Waals surface area contributed by atoms with Crippen LogP contribution in [0.1, 0.15) is 0 Å². The van der Waals surface area contributed by atoms with Crippen molar-refractivity contribution in [3.05, 3.63) is 24.3 Å². The number of rotatable bonds is 3. The van der Waals surface area contributed by atoms with Crippen LogP contribution in [0.15, 0.2) is 28.6 Å². The van der Waals surface area contributed by atoms with E-state index in [-0.39, 0.29) is 0 Å². The second-order valence-corrected chi connectivity index (χ2v) is 15.4. The van der Waals surface area contributed by atoms with E-state index in [1.165, 1.54) is 16.5 Å². The summed E-state index contributed by atoms with van der Waals surface area (Å²) in [6, 6.07) is 8.07. The highest BCUT2D eigenvalue weighted by atomic mass is 35.6. The molecule has 0 spiro atoms. The molecule has 0 saturated heterocycles. The van der Waals surface area contributed by atoms with Crippen molar-refractivity contribution in [2.45, 2.75) is 10.6 Å². The summed E-state index contributed by atoms with van der Waals surface area (Å²) in [6.07, 6.45) is 0. The van der Waals surface area contributed by atoms with E-state index < -0.39 is 16.1 Å². The molecule has 2 rings (SSSR count). The van der Waals surface area contributed by atoms with Crippen molar-refractivity contribution in [2.75, 3.05) is 5.08 Å². The average molecular weight is 539 g/mol.